The van der Waals surface area contributed by atoms with Gasteiger partial charge in [0.05, 0.1) is 6.20 Å². The predicted molar refractivity (Wildman–Crippen MR) is 95.1 cm³/mol. The van der Waals surface area contributed by atoms with Crippen LogP contribution in [-0.4, -0.2) is 34.7 Å². The molecule has 128 valence electrons. The van der Waals surface area contributed by atoms with Gasteiger partial charge in [0.2, 0.25) is 0 Å². The van der Waals surface area contributed by atoms with E-state index in [0.717, 1.165) is 50.4 Å². The molecule has 0 radical (unpaired) electrons. The molecule has 1 aliphatic heterocycles. The first kappa shape index (κ1) is 16.9. The quantitative estimate of drug-likeness (QED) is 0.875. The van der Waals surface area contributed by atoms with E-state index in [-0.39, 0.29) is 5.41 Å². The van der Waals surface area contributed by atoms with Gasteiger partial charge in [-0.2, -0.15) is 0 Å². The Labute approximate surface area is 144 Å². The largest absolute Gasteiger partial charge is 0.455 e. The van der Waals surface area contributed by atoms with E-state index in [2.05, 4.69) is 28.9 Å². The van der Waals surface area contributed by atoms with E-state index in [4.69, 9.17) is 4.74 Å². The van der Waals surface area contributed by atoms with Crippen molar-refractivity contribution in [3.8, 4) is 11.5 Å². The number of aliphatic hydroxyl groups is 1. The van der Waals surface area contributed by atoms with Gasteiger partial charge in [-0.1, -0.05) is 25.1 Å². The number of likely N-dealkylation sites (tertiary alicyclic amines) is 1. The van der Waals surface area contributed by atoms with E-state index in [1.807, 2.05) is 24.3 Å². The van der Waals surface area contributed by atoms with E-state index in [9.17, 15) is 5.11 Å². The number of aliphatic hydroxyl groups excluding tert-OH is 1. The Morgan fingerprint density at radius 3 is 2.62 bits per heavy atom. The van der Waals surface area contributed by atoms with Gasteiger partial charge >= 0.3 is 0 Å². The molecule has 1 aromatic heterocycles. The number of aromatic nitrogens is 1. The average molecular weight is 326 g/mol. The standard InChI is InChI=1S/C20H26N2O2/c1-2-20(16-23)9-12-22(13-10-20)15-17-6-3-4-8-19(17)24-18-7-5-11-21-14-18/h3-8,11,14,23H,2,9-10,12-13,15-16H2,1H3. The molecule has 1 saturated heterocycles. The van der Waals surface area contributed by atoms with E-state index in [1.165, 1.54) is 5.56 Å². The summed E-state index contributed by atoms with van der Waals surface area (Å²) >= 11 is 0. The van der Waals surface area contributed by atoms with Gasteiger partial charge in [-0.25, -0.2) is 0 Å². The summed E-state index contributed by atoms with van der Waals surface area (Å²) in [6.07, 6.45) is 6.65. The molecule has 4 heteroatoms. The molecule has 1 N–H and O–H groups in total. The number of nitrogens with zero attached hydrogens (tertiary/aromatic N) is 2. The monoisotopic (exact) mass is 326 g/mol. The lowest BCUT2D eigenvalue weighted by Gasteiger charge is -2.40. The summed E-state index contributed by atoms with van der Waals surface area (Å²) in [7, 11) is 0. The average Bonchev–Trinajstić information content (AvgIpc) is 2.65. The molecule has 1 fully saturated rings. The van der Waals surface area contributed by atoms with Gasteiger partial charge in [0.1, 0.15) is 11.5 Å². The van der Waals surface area contributed by atoms with Crippen molar-refractivity contribution in [3.63, 3.8) is 0 Å². The summed E-state index contributed by atoms with van der Waals surface area (Å²) in [5.74, 6) is 1.65. The smallest absolute Gasteiger partial charge is 0.145 e. The second kappa shape index (κ2) is 7.77. The Morgan fingerprint density at radius 2 is 1.96 bits per heavy atom. The van der Waals surface area contributed by atoms with Crippen molar-refractivity contribution in [2.24, 2.45) is 5.41 Å². The molecule has 1 aromatic carbocycles. The van der Waals surface area contributed by atoms with Crippen LogP contribution in [-0.2, 0) is 6.54 Å². The van der Waals surface area contributed by atoms with E-state index in [0.29, 0.717) is 6.61 Å². The Kier molecular flexibility index (Phi) is 5.48. The van der Waals surface area contributed by atoms with Crippen molar-refractivity contribution in [2.45, 2.75) is 32.7 Å². The minimum absolute atomic E-state index is 0.127. The van der Waals surface area contributed by atoms with Crippen LogP contribution in [0.25, 0.3) is 0 Å². The second-order valence-electron chi connectivity index (χ2n) is 6.69. The summed E-state index contributed by atoms with van der Waals surface area (Å²) in [4.78, 5) is 6.56. The van der Waals surface area contributed by atoms with Crippen LogP contribution < -0.4 is 4.74 Å². The SMILES string of the molecule is CCC1(CO)CCN(Cc2ccccc2Oc2cccnc2)CC1. The van der Waals surface area contributed by atoms with Gasteiger partial charge in [-0.05, 0) is 56.0 Å². The molecule has 0 bridgehead atoms. The van der Waals surface area contributed by atoms with Gasteiger partial charge in [-0.3, -0.25) is 9.88 Å². The predicted octanol–water partition coefficient (Wildman–Crippen LogP) is 3.86. The normalized spacial score (nSPS) is 17.6. The van der Waals surface area contributed by atoms with Crippen LogP contribution in [0.5, 0.6) is 11.5 Å². The summed E-state index contributed by atoms with van der Waals surface area (Å²) in [6.45, 7) is 5.41. The number of piperidine rings is 1. The molecule has 0 unspecified atom stereocenters. The molecule has 0 spiro atoms. The van der Waals surface area contributed by atoms with Crippen LogP contribution in [0, 0.1) is 5.41 Å². The topological polar surface area (TPSA) is 45.6 Å². The fraction of sp³-hybridized carbons (Fsp3) is 0.450. The molecule has 0 amide bonds. The van der Waals surface area contributed by atoms with Crippen molar-refractivity contribution >= 4 is 0 Å². The molecular weight excluding hydrogens is 300 g/mol. The maximum absolute atomic E-state index is 9.68. The number of hydrogen-bond donors (Lipinski definition) is 1. The van der Waals surface area contributed by atoms with Crippen LogP contribution in [0.2, 0.25) is 0 Å². The van der Waals surface area contributed by atoms with Gasteiger partial charge in [-0.15, -0.1) is 0 Å². The molecule has 2 heterocycles. The lowest BCUT2D eigenvalue weighted by atomic mass is 9.77. The minimum atomic E-state index is 0.127. The molecule has 24 heavy (non-hydrogen) atoms. The van der Waals surface area contributed by atoms with Crippen LogP contribution in [0.15, 0.2) is 48.8 Å². The van der Waals surface area contributed by atoms with Gasteiger partial charge < -0.3 is 9.84 Å². The van der Waals surface area contributed by atoms with Crippen molar-refractivity contribution in [3.05, 3.63) is 54.4 Å². The summed E-state index contributed by atoms with van der Waals surface area (Å²) in [5, 5.41) is 9.68. The fourth-order valence-corrected chi connectivity index (χ4v) is 3.32. The number of hydrogen-bond acceptors (Lipinski definition) is 4. The lowest BCUT2D eigenvalue weighted by Crippen LogP contribution is -2.41. The summed E-state index contributed by atoms with van der Waals surface area (Å²) in [5.41, 5.74) is 1.32. The third kappa shape index (κ3) is 3.94. The lowest BCUT2D eigenvalue weighted by molar-refractivity contribution is 0.0380. The zero-order chi connectivity index (χ0) is 16.8. The second-order valence-corrected chi connectivity index (χ2v) is 6.69. The molecule has 4 nitrogen and oxygen atoms in total. The van der Waals surface area contributed by atoms with Gasteiger partial charge in [0.15, 0.2) is 0 Å². The van der Waals surface area contributed by atoms with Crippen LogP contribution in [0.1, 0.15) is 31.7 Å². The molecular formula is C20H26N2O2. The zero-order valence-electron chi connectivity index (χ0n) is 14.3. The molecule has 1 aliphatic rings. The highest BCUT2D eigenvalue weighted by molar-refractivity contribution is 5.37. The molecule has 2 aromatic rings. The molecule has 0 aliphatic carbocycles. The first-order valence-electron chi connectivity index (χ1n) is 8.74. The highest BCUT2D eigenvalue weighted by Crippen LogP contribution is 2.35. The molecule has 0 saturated carbocycles. The maximum Gasteiger partial charge on any atom is 0.145 e. The highest BCUT2D eigenvalue weighted by atomic mass is 16.5. The number of rotatable bonds is 6. The number of para-hydroxylation sites is 1. The number of ether oxygens (including phenoxy) is 1. The zero-order valence-corrected chi connectivity index (χ0v) is 14.3. The van der Waals surface area contributed by atoms with Crippen molar-refractivity contribution in [1.29, 1.82) is 0 Å². The van der Waals surface area contributed by atoms with E-state index in [1.54, 1.807) is 12.4 Å². The van der Waals surface area contributed by atoms with E-state index >= 15 is 0 Å². The fourth-order valence-electron chi connectivity index (χ4n) is 3.32. The van der Waals surface area contributed by atoms with Crippen LogP contribution in [0.4, 0.5) is 0 Å². The molecule has 3 rings (SSSR count). The Morgan fingerprint density at radius 1 is 1.17 bits per heavy atom. The first-order valence-corrected chi connectivity index (χ1v) is 8.74. The molecule has 0 atom stereocenters. The Bertz CT molecular complexity index is 631. The van der Waals surface area contributed by atoms with Gasteiger partial charge in [0.25, 0.3) is 0 Å². The summed E-state index contributed by atoms with van der Waals surface area (Å²) < 4.78 is 6.01. The van der Waals surface area contributed by atoms with Crippen molar-refractivity contribution < 1.29 is 9.84 Å². The Balaban J connectivity index is 1.66. The highest BCUT2D eigenvalue weighted by Gasteiger charge is 2.32. The van der Waals surface area contributed by atoms with Crippen LogP contribution >= 0.6 is 0 Å². The number of pyridine rings is 1. The third-order valence-corrected chi connectivity index (χ3v) is 5.23. The third-order valence-electron chi connectivity index (χ3n) is 5.23. The van der Waals surface area contributed by atoms with Crippen molar-refractivity contribution in [2.75, 3.05) is 19.7 Å². The summed E-state index contributed by atoms with van der Waals surface area (Å²) in [6, 6.07) is 12.0. The minimum Gasteiger partial charge on any atom is -0.455 e. The number of benzene rings is 1. The maximum atomic E-state index is 9.68. The van der Waals surface area contributed by atoms with Crippen LogP contribution in [0.3, 0.4) is 0 Å². The van der Waals surface area contributed by atoms with Gasteiger partial charge in [0, 0.05) is 24.9 Å². The van der Waals surface area contributed by atoms with Crippen molar-refractivity contribution in [1.82, 2.24) is 9.88 Å². The van der Waals surface area contributed by atoms with E-state index < -0.39 is 0 Å². The Hall–Kier alpha value is -1.91. The first-order chi connectivity index (χ1) is 11.7.